The average molecular weight is 308 g/mol. The van der Waals surface area contributed by atoms with Crippen molar-refractivity contribution in [1.82, 2.24) is 14.1 Å². The zero-order chi connectivity index (χ0) is 15.5. The molecule has 0 saturated carbocycles. The van der Waals surface area contributed by atoms with Crippen LogP contribution in [-0.2, 0) is 16.6 Å². The molecule has 0 aliphatic carbocycles. The second-order valence-corrected chi connectivity index (χ2v) is 7.24. The summed E-state index contributed by atoms with van der Waals surface area (Å²) in [4.78, 5) is 0.290. The summed E-state index contributed by atoms with van der Waals surface area (Å²) in [5.41, 5.74) is 0.882. The van der Waals surface area contributed by atoms with Crippen LogP contribution in [0.2, 0.25) is 0 Å². The molecule has 0 spiro atoms. The maximum absolute atomic E-state index is 12.0. The molecule has 1 aromatic carbocycles. The number of hydrogen-bond donors (Lipinski definition) is 1. The maximum Gasteiger partial charge on any atom is 0.242 e. The zero-order valence-electron chi connectivity index (χ0n) is 12.4. The monoisotopic (exact) mass is 308 g/mol. The van der Waals surface area contributed by atoms with Crippen LogP contribution in [0, 0.1) is 0 Å². The van der Waals surface area contributed by atoms with E-state index in [4.69, 9.17) is 0 Å². The summed E-state index contributed by atoms with van der Waals surface area (Å²) in [5.74, 6) is 0. The molecule has 0 radical (unpaired) electrons. The lowest BCUT2D eigenvalue weighted by atomic mass is 10.2. The van der Waals surface area contributed by atoms with Gasteiger partial charge in [0.2, 0.25) is 10.0 Å². The number of sulfonamides is 1. The quantitative estimate of drug-likeness (QED) is 0.881. The molecular weight excluding hydrogens is 288 g/mol. The van der Waals surface area contributed by atoms with E-state index in [-0.39, 0.29) is 10.9 Å². The summed E-state index contributed by atoms with van der Waals surface area (Å²) in [5, 5.41) is 7.47. The second-order valence-electron chi connectivity index (χ2n) is 5.09. The predicted octanol–water partition coefficient (Wildman–Crippen LogP) is 1.63. The minimum absolute atomic E-state index is 0.182. The largest absolute Gasteiger partial charge is 0.381 e. The van der Waals surface area contributed by atoms with Crippen LogP contribution in [0.4, 0.5) is 5.69 Å². The van der Waals surface area contributed by atoms with Crippen molar-refractivity contribution in [1.29, 1.82) is 0 Å². The predicted molar refractivity (Wildman–Crippen MR) is 82.6 cm³/mol. The van der Waals surface area contributed by atoms with Crippen molar-refractivity contribution in [3.8, 4) is 0 Å². The van der Waals surface area contributed by atoms with Crippen LogP contribution >= 0.6 is 0 Å². The Balaban J connectivity index is 2.03. The Bertz CT molecular complexity index is 664. The van der Waals surface area contributed by atoms with E-state index in [9.17, 15) is 8.42 Å². The van der Waals surface area contributed by atoms with Gasteiger partial charge in [0.05, 0.1) is 11.4 Å². The first-order valence-electron chi connectivity index (χ1n) is 6.66. The molecule has 0 fully saturated rings. The number of rotatable bonds is 6. The minimum atomic E-state index is -3.37. The van der Waals surface area contributed by atoms with Gasteiger partial charge in [-0.3, -0.25) is 4.68 Å². The Hall–Kier alpha value is -1.86. The summed E-state index contributed by atoms with van der Waals surface area (Å²) in [6.07, 6.45) is 3.65. The van der Waals surface area contributed by atoms with E-state index in [0.717, 1.165) is 12.2 Å². The van der Waals surface area contributed by atoms with E-state index < -0.39 is 10.0 Å². The Labute approximate surface area is 125 Å². The van der Waals surface area contributed by atoms with Gasteiger partial charge in [-0.25, -0.2) is 12.7 Å². The number of aromatic nitrogens is 2. The summed E-state index contributed by atoms with van der Waals surface area (Å²) in [7, 11) is -0.329. The lowest BCUT2D eigenvalue weighted by molar-refractivity contribution is 0.521. The van der Waals surface area contributed by atoms with Gasteiger partial charge in [0.1, 0.15) is 0 Å². The lowest BCUT2D eigenvalue weighted by Gasteiger charge is -2.16. The normalized spacial score (nSPS) is 13.3. The Morgan fingerprint density at radius 1 is 1.29 bits per heavy atom. The molecule has 0 aliphatic rings. The highest BCUT2D eigenvalue weighted by molar-refractivity contribution is 7.89. The number of nitrogens with one attached hydrogen (secondary N) is 1. The van der Waals surface area contributed by atoms with Crippen LogP contribution < -0.4 is 5.32 Å². The van der Waals surface area contributed by atoms with Crippen molar-refractivity contribution in [3.05, 3.63) is 42.7 Å². The SMILES string of the molecule is CC(Cn1cccn1)Nc1ccc(S(=O)(=O)N(C)C)cc1. The first-order chi connectivity index (χ1) is 9.89. The van der Waals surface area contributed by atoms with Gasteiger partial charge in [-0.1, -0.05) is 0 Å². The average Bonchev–Trinajstić information content (AvgIpc) is 2.91. The third kappa shape index (κ3) is 3.83. The van der Waals surface area contributed by atoms with Gasteiger partial charge in [-0.2, -0.15) is 5.10 Å². The molecule has 21 heavy (non-hydrogen) atoms. The summed E-state index contributed by atoms with van der Waals surface area (Å²) >= 11 is 0. The standard InChI is InChI=1S/C14H20N4O2S/c1-12(11-18-10-4-9-15-18)16-13-5-7-14(8-6-13)21(19,20)17(2)3/h4-10,12,16H,11H2,1-3H3. The topological polar surface area (TPSA) is 67.2 Å². The van der Waals surface area contributed by atoms with E-state index in [1.165, 1.54) is 18.4 Å². The third-order valence-corrected chi connectivity index (χ3v) is 4.90. The minimum Gasteiger partial charge on any atom is -0.381 e. The molecule has 2 aromatic rings. The molecule has 1 N–H and O–H groups in total. The van der Waals surface area contributed by atoms with Gasteiger partial charge in [0.15, 0.2) is 0 Å². The van der Waals surface area contributed by atoms with E-state index in [1.807, 2.05) is 23.9 Å². The Morgan fingerprint density at radius 2 is 1.95 bits per heavy atom. The van der Waals surface area contributed by atoms with Crippen LogP contribution in [-0.4, -0.2) is 42.6 Å². The van der Waals surface area contributed by atoms with Crippen molar-refractivity contribution >= 4 is 15.7 Å². The van der Waals surface area contributed by atoms with Gasteiger partial charge in [-0.05, 0) is 37.3 Å². The molecule has 1 atom stereocenters. The molecule has 1 unspecified atom stereocenters. The molecule has 0 aliphatic heterocycles. The van der Waals surface area contributed by atoms with Crippen LogP contribution in [0.3, 0.4) is 0 Å². The van der Waals surface area contributed by atoms with Crippen LogP contribution in [0.25, 0.3) is 0 Å². The van der Waals surface area contributed by atoms with Gasteiger partial charge in [0.25, 0.3) is 0 Å². The molecule has 6 nitrogen and oxygen atoms in total. The first-order valence-corrected chi connectivity index (χ1v) is 8.10. The third-order valence-electron chi connectivity index (χ3n) is 3.07. The maximum atomic E-state index is 12.0. The lowest BCUT2D eigenvalue weighted by Crippen LogP contribution is -2.23. The summed E-state index contributed by atoms with van der Waals surface area (Å²) in [6, 6.07) is 8.83. The van der Waals surface area contributed by atoms with Crippen molar-refractivity contribution in [2.24, 2.45) is 0 Å². The fraction of sp³-hybridized carbons (Fsp3) is 0.357. The van der Waals surface area contributed by atoms with Crippen molar-refractivity contribution in [2.75, 3.05) is 19.4 Å². The van der Waals surface area contributed by atoms with Crippen molar-refractivity contribution in [3.63, 3.8) is 0 Å². The highest BCUT2D eigenvalue weighted by Crippen LogP contribution is 2.17. The second kappa shape index (κ2) is 6.28. The smallest absolute Gasteiger partial charge is 0.242 e. The number of benzene rings is 1. The molecule has 1 heterocycles. The summed E-state index contributed by atoms with van der Waals surface area (Å²) in [6.45, 7) is 2.79. The van der Waals surface area contributed by atoms with Crippen LogP contribution in [0.15, 0.2) is 47.6 Å². The van der Waals surface area contributed by atoms with E-state index >= 15 is 0 Å². The fourth-order valence-electron chi connectivity index (χ4n) is 1.95. The highest BCUT2D eigenvalue weighted by Gasteiger charge is 2.16. The van der Waals surface area contributed by atoms with E-state index in [0.29, 0.717) is 0 Å². The molecule has 114 valence electrons. The van der Waals surface area contributed by atoms with Crippen molar-refractivity contribution < 1.29 is 8.42 Å². The van der Waals surface area contributed by atoms with E-state index in [1.54, 1.807) is 30.5 Å². The molecule has 0 amide bonds. The molecule has 0 bridgehead atoms. The van der Waals surface area contributed by atoms with Crippen molar-refractivity contribution in [2.45, 2.75) is 24.4 Å². The summed E-state index contributed by atoms with van der Waals surface area (Å²) < 4.78 is 27.0. The van der Waals surface area contributed by atoms with Crippen LogP contribution in [0.1, 0.15) is 6.92 Å². The van der Waals surface area contributed by atoms with E-state index in [2.05, 4.69) is 10.4 Å². The fourth-order valence-corrected chi connectivity index (χ4v) is 2.85. The van der Waals surface area contributed by atoms with Gasteiger partial charge < -0.3 is 5.32 Å². The number of anilines is 1. The number of hydrogen-bond acceptors (Lipinski definition) is 4. The molecule has 2 rings (SSSR count). The Kier molecular flexibility index (Phi) is 4.64. The molecule has 7 heteroatoms. The zero-order valence-corrected chi connectivity index (χ0v) is 13.2. The van der Waals surface area contributed by atoms with Gasteiger partial charge in [0, 0.05) is 38.2 Å². The molecular formula is C14H20N4O2S. The van der Waals surface area contributed by atoms with Gasteiger partial charge in [-0.15, -0.1) is 0 Å². The first kappa shape index (κ1) is 15.5. The molecule has 0 saturated heterocycles. The Morgan fingerprint density at radius 3 is 2.48 bits per heavy atom. The van der Waals surface area contributed by atoms with Gasteiger partial charge >= 0.3 is 0 Å². The molecule has 1 aromatic heterocycles. The number of nitrogens with zero attached hydrogens (tertiary/aromatic N) is 3. The highest BCUT2D eigenvalue weighted by atomic mass is 32.2. The van der Waals surface area contributed by atoms with Crippen LogP contribution in [0.5, 0.6) is 0 Å².